The van der Waals surface area contributed by atoms with Crippen LogP contribution in [0.25, 0.3) is 0 Å². The molecule has 1 heterocycles. The summed E-state index contributed by atoms with van der Waals surface area (Å²) in [5.41, 5.74) is 3.21. The maximum Gasteiger partial charge on any atom is 0.243 e. The summed E-state index contributed by atoms with van der Waals surface area (Å²) in [6, 6.07) is 24.0. The summed E-state index contributed by atoms with van der Waals surface area (Å²) in [5, 5.41) is 7.04. The number of amides is 2. The van der Waals surface area contributed by atoms with Crippen molar-refractivity contribution >= 4 is 17.5 Å². The number of hydrogen-bond acceptors (Lipinski definition) is 6. The smallest absolute Gasteiger partial charge is 0.243 e. The van der Waals surface area contributed by atoms with E-state index in [4.69, 9.17) is 14.3 Å². The summed E-state index contributed by atoms with van der Waals surface area (Å²) in [4.78, 5) is 34.0. The van der Waals surface area contributed by atoms with Crippen molar-refractivity contribution in [2.45, 2.75) is 24.9 Å². The third-order valence-electron chi connectivity index (χ3n) is 6.39. The third kappa shape index (κ3) is 5.91. The Balaban J connectivity index is 1.58. The molecule has 8 nitrogen and oxygen atoms in total. The normalized spacial score (nSPS) is 16.1. The molecule has 1 N–H and O–H groups in total. The van der Waals surface area contributed by atoms with Gasteiger partial charge >= 0.3 is 0 Å². The number of nitrogens with one attached hydrogen (secondary N) is 1. The Morgan fingerprint density at radius 1 is 0.919 bits per heavy atom. The third-order valence-corrected chi connectivity index (χ3v) is 6.39. The first-order chi connectivity index (χ1) is 18.0. The van der Waals surface area contributed by atoms with Gasteiger partial charge in [-0.15, -0.1) is 0 Å². The molecule has 2 amide bonds. The van der Waals surface area contributed by atoms with Crippen LogP contribution in [0.1, 0.15) is 29.0 Å². The van der Waals surface area contributed by atoms with Crippen LogP contribution in [-0.2, 0) is 21.0 Å². The van der Waals surface area contributed by atoms with Crippen LogP contribution in [0.15, 0.2) is 84.0 Å². The first kappa shape index (κ1) is 25.8. The van der Waals surface area contributed by atoms with Crippen LogP contribution in [0.4, 0.5) is 0 Å². The van der Waals surface area contributed by atoms with E-state index in [2.05, 4.69) is 10.5 Å². The summed E-state index contributed by atoms with van der Waals surface area (Å²) in [7, 11) is 4.59. The first-order valence-electron chi connectivity index (χ1n) is 12.0. The van der Waals surface area contributed by atoms with Gasteiger partial charge < -0.3 is 24.5 Å². The van der Waals surface area contributed by atoms with E-state index in [9.17, 15) is 9.59 Å². The fourth-order valence-corrected chi connectivity index (χ4v) is 4.60. The molecule has 1 atom stereocenters. The Bertz CT molecular complexity index is 1210. The number of benzene rings is 3. The number of nitrogens with zero attached hydrogens (tertiary/aromatic N) is 2. The molecule has 0 bridgehead atoms. The van der Waals surface area contributed by atoms with Crippen LogP contribution in [-0.4, -0.2) is 56.3 Å². The van der Waals surface area contributed by atoms with Gasteiger partial charge in [0.1, 0.15) is 13.2 Å². The highest BCUT2D eigenvalue weighted by atomic mass is 16.6. The van der Waals surface area contributed by atoms with E-state index in [0.717, 1.165) is 16.7 Å². The van der Waals surface area contributed by atoms with Crippen molar-refractivity contribution < 1.29 is 23.9 Å². The van der Waals surface area contributed by atoms with Crippen molar-refractivity contribution in [2.75, 3.05) is 27.9 Å². The molecule has 1 aliphatic rings. The van der Waals surface area contributed by atoms with Crippen molar-refractivity contribution in [3.8, 4) is 11.5 Å². The van der Waals surface area contributed by atoms with Gasteiger partial charge in [0.05, 0.1) is 32.4 Å². The molecule has 0 saturated carbocycles. The van der Waals surface area contributed by atoms with E-state index < -0.39 is 12.0 Å². The lowest BCUT2D eigenvalue weighted by Crippen LogP contribution is -2.47. The second kappa shape index (κ2) is 12.1. The van der Waals surface area contributed by atoms with Crippen LogP contribution >= 0.6 is 0 Å². The molecular formula is C29H31N3O5. The number of oxime groups is 1. The van der Waals surface area contributed by atoms with E-state index in [1.54, 1.807) is 25.2 Å². The van der Waals surface area contributed by atoms with E-state index in [0.29, 0.717) is 23.6 Å². The summed E-state index contributed by atoms with van der Waals surface area (Å²) in [6.45, 7) is 0.493. The predicted octanol–water partition coefficient (Wildman–Crippen LogP) is 3.76. The lowest BCUT2D eigenvalue weighted by Gasteiger charge is -2.28. The minimum Gasteiger partial charge on any atom is -0.493 e. The molecule has 192 valence electrons. The summed E-state index contributed by atoms with van der Waals surface area (Å²) in [5.74, 6) is 0.216. The van der Waals surface area contributed by atoms with E-state index in [1.165, 1.54) is 7.11 Å². The Hall–Kier alpha value is -4.33. The first-order valence-corrected chi connectivity index (χ1v) is 12.0. The Morgan fingerprint density at radius 3 is 2.11 bits per heavy atom. The fraction of sp³-hybridized carbons (Fsp3) is 0.276. The second-order valence-electron chi connectivity index (χ2n) is 8.69. The Labute approximate surface area is 216 Å². The van der Waals surface area contributed by atoms with Crippen LogP contribution < -0.4 is 14.8 Å². The summed E-state index contributed by atoms with van der Waals surface area (Å²) in [6.07, 6.45) is 0.299. The monoisotopic (exact) mass is 501 g/mol. The largest absolute Gasteiger partial charge is 0.493 e. The molecule has 0 aromatic heterocycles. The van der Waals surface area contributed by atoms with Crippen LogP contribution in [0.2, 0.25) is 0 Å². The zero-order valence-electron chi connectivity index (χ0n) is 21.2. The average molecular weight is 502 g/mol. The van der Waals surface area contributed by atoms with Crippen molar-refractivity contribution in [2.24, 2.45) is 5.16 Å². The summed E-state index contributed by atoms with van der Waals surface area (Å²) < 4.78 is 10.7. The number of methoxy groups -OCH3 is 2. The molecule has 3 aromatic carbocycles. The maximum atomic E-state index is 14.1. The lowest BCUT2D eigenvalue weighted by atomic mass is 9.90. The number of ether oxygens (including phenoxy) is 2. The van der Waals surface area contributed by atoms with Gasteiger partial charge in [-0.2, -0.15) is 0 Å². The molecule has 1 aliphatic heterocycles. The van der Waals surface area contributed by atoms with E-state index in [1.807, 2.05) is 72.8 Å². The van der Waals surface area contributed by atoms with Crippen LogP contribution in [0, 0.1) is 0 Å². The minimum absolute atomic E-state index is 0.162. The van der Waals surface area contributed by atoms with Crippen molar-refractivity contribution in [1.82, 2.24) is 10.2 Å². The van der Waals surface area contributed by atoms with Gasteiger partial charge in [-0.25, -0.2) is 0 Å². The summed E-state index contributed by atoms with van der Waals surface area (Å²) >= 11 is 0. The van der Waals surface area contributed by atoms with Gasteiger partial charge in [-0.1, -0.05) is 71.9 Å². The van der Waals surface area contributed by atoms with Gasteiger partial charge in [0.25, 0.3) is 0 Å². The fourth-order valence-electron chi connectivity index (χ4n) is 4.60. The highest BCUT2D eigenvalue weighted by Gasteiger charge is 2.41. The molecule has 0 unspecified atom stereocenters. The van der Waals surface area contributed by atoms with Gasteiger partial charge in [0, 0.05) is 13.0 Å². The second-order valence-corrected chi connectivity index (χ2v) is 8.69. The van der Waals surface area contributed by atoms with Gasteiger partial charge in [0.15, 0.2) is 11.5 Å². The number of carbonyl (C=O) groups is 2. The lowest BCUT2D eigenvalue weighted by molar-refractivity contribution is -0.138. The molecule has 0 spiro atoms. The molecule has 1 fully saturated rings. The highest BCUT2D eigenvalue weighted by molar-refractivity contribution is 6.02. The topological polar surface area (TPSA) is 89.5 Å². The maximum absolute atomic E-state index is 14.1. The molecule has 8 heteroatoms. The standard InChI is InChI=1S/C29H31N3O5/c1-35-25-15-14-20(16-26(25)36-2)18-30-28(33)24-17-23(31-37-3)19-32(24)29(34)27(21-10-6-4-7-11-21)22-12-8-5-9-13-22/h4-16,24,27H,17-19H2,1-3H3,(H,30,33)/t24-/m0/s1. The number of rotatable bonds is 9. The van der Waals surface area contributed by atoms with Crippen molar-refractivity contribution in [3.63, 3.8) is 0 Å². The quantitative estimate of drug-likeness (QED) is 0.451. The van der Waals surface area contributed by atoms with E-state index >= 15 is 0 Å². The number of likely N-dealkylation sites (tertiary alicyclic amines) is 1. The Kier molecular flexibility index (Phi) is 8.40. The number of hydrogen-bond donors (Lipinski definition) is 1. The Morgan fingerprint density at radius 2 is 1.54 bits per heavy atom. The molecule has 4 rings (SSSR count). The van der Waals surface area contributed by atoms with Gasteiger partial charge in [0.2, 0.25) is 11.8 Å². The van der Waals surface area contributed by atoms with Crippen molar-refractivity contribution in [1.29, 1.82) is 0 Å². The number of carbonyl (C=O) groups excluding carboxylic acids is 2. The molecule has 37 heavy (non-hydrogen) atoms. The van der Waals surface area contributed by atoms with Gasteiger partial charge in [-0.3, -0.25) is 9.59 Å². The molecular weight excluding hydrogens is 470 g/mol. The molecule has 3 aromatic rings. The highest BCUT2D eigenvalue weighted by Crippen LogP contribution is 2.31. The van der Waals surface area contributed by atoms with Crippen LogP contribution in [0.3, 0.4) is 0 Å². The SMILES string of the molecule is CON=C1C[C@@H](C(=O)NCc2ccc(OC)c(OC)c2)N(C(=O)C(c2ccccc2)c2ccccc2)C1. The van der Waals surface area contributed by atoms with Crippen LogP contribution in [0.5, 0.6) is 11.5 Å². The van der Waals surface area contributed by atoms with Gasteiger partial charge in [-0.05, 0) is 28.8 Å². The van der Waals surface area contributed by atoms with E-state index in [-0.39, 0.29) is 24.9 Å². The average Bonchev–Trinajstić information content (AvgIpc) is 3.37. The zero-order chi connectivity index (χ0) is 26.2. The molecule has 0 radical (unpaired) electrons. The molecule has 0 aliphatic carbocycles. The minimum atomic E-state index is -0.712. The zero-order valence-corrected chi connectivity index (χ0v) is 21.2. The molecule has 1 saturated heterocycles. The predicted molar refractivity (Wildman–Crippen MR) is 141 cm³/mol. The van der Waals surface area contributed by atoms with Crippen molar-refractivity contribution in [3.05, 3.63) is 95.6 Å².